The molecule has 0 saturated carbocycles. The predicted molar refractivity (Wildman–Crippen MR) is 136 cm³/mol. The maximum Gasteiger partial charge on any atom is 0.163 e. The lowest BCUT2D eigenvalue weighted by Crippen LogP contribution is -2.57. The number of rotatable bonds is 6. The Morgan fingerprint density at radius 2 is 1.83 bits per heavy atom. The van der Waals surface area contributed by atoms with Gasteiger partial charge in [0, 0.05) is 34.2 Å². The van der Waals surface area contributed by atoms with E-state index in [0.29, 0.717) is 35.0 Å². The summed E-state index contributed by atoms with van der Waals surface area (Å²) in [7, 11) is 0. The zero-order valence-electron chi connectivity index (χ0n) is 21.1. The highest BCUT2D eigenvalue weighted by Crippen LogP contribution is 2.36. The van der Waals surface area contributed by atoms with E-state index in [1.807, 2.05) is 43.3 Å². The first kappa shape index (κ1) is 24.6. The van der Waals surface area contributed by atoms with Gasteiger partial charge in [0.1, 0.15) is 23.1 Å². The fourth-order valence-corrected chi connectivity index (χ4v) is 5.54. The molecule has 3 aromatic rings. The summed E-state index contributed by atoms with van der Waals surface area (Å²) in [5, 5.41) is 21.2. The van der Waals surface area contributed by atoms with Gasteiger partial charge in [-0.25, -0.2) is 0 Å². The van der Waals surface area contributed by atoms with Crippen molar-refractivity contribution in [2.45, 2.75) is 65.0 Å². The minimum Gasteiger partial charge on any atom is -0.456 e. The molecule has 1 saturated heterocycles. The van der Waals surface area contributed by atoms with Crippen molar-refractivity contribution < 1.29 is 9.53 Å². The number of Topliss-reactive ketones (excluding diaryl/α,β-unsaturated/α-hetero) is 1. The standard InChI is InChI=1S/C29H32N4O2/c1-19-13-21(25(34)14-20-15-28(2,3)33-29(4,5)16-20)9-10-26(19)35-27-8-6-7-23(24(27)17-30)22-11-12-31-32-18-22/h6-13,18,20,33H,14-16H2,1-5H3. The summed E-state index contributed by atoms with van der Waals surface area (Å²) >= 11 is 0. The summed E-state index contributed by atoms with van der Waals surface area (Å²) in [6, 6.07) is 15.1. The third-order valence-corrected chi connectivity index (χ3v) is 6.50. The molecular formula is C29H32N4O2. The molecule has 1 N–H and O–H groups in total. The topological polar surface area (TPSA) is 87.9 Å². The molecule has 1 aliphatic rings. The minimum atomic E-state index is 0.0135. The van der Waals surface area contributed by atoms with Gasteiger partial charge in [0.25, 0.3) is 0 Å². The van der Waals surface area contributed by atoms with E-state index >= 15 is 0 Å². The van der Waals surface area contributed by atoms with Gasteiger partial charge in [0.2, 0.25) is 0 Å². The smallest absolute Gasteiger partial charge is 0.163 e. The van der Waals surface area contributed by atoms with Crippen LogP contribution in [0, 0.1) is 24.2 Å². The lowest BCUT2D eigenvalue weighted by Gasteiger charge is -2.46. The van der Waals surface area contributed by atoms with E-state index in [9.17, 15) is 10.1 Å². The molecule has 0 unspecified atom stereocenters. The molecule has 2 aromatic carbocycles. The van der Waals surface area contributed by atoms with Crippen molar-refractivity contribution in [2.75, 3.05) is 0 Å². The van der Waals surface area contributed by atoms with Crippen molar-refractivity contribution in [3.63, 3.8) is 0 Å². The SMILES string of the molecule is Cc1cc(C(=O)CC2CC(C)(C)NC(C)(C)C2)ccc1Oc1cccc(-c2ccnnc2)c1C#N. The summed E-state index contributed by atoms with van der Waals surface area (Å²) in [5.74, 6) is 1.58. The largest absolute Gasteiger partial charge is 0.456 e. The third kappa shape index (κ3) is 5.75. The number of aryl methyl sites for hydroxylation is 1. The Morgan fingerprint density at radius 3 is 2.46 bits per heavy atom. The van der Waals surface area contributed by atoms with Crippen LogP contribution in [-0.4, -0.2) is 27.1 Å². The lowest BCUT2D eigenvalue weighted by molar-refractivity contribution is 0.0864. The number of nitrogens with zero attached hydrogens (tertiary/aromatic N) is 3. The fourth-order valence-electron chi connectivity index (χ4n) is 5.54. The normalized spacial score (nSPS) is 16.9. The van der Waals surface area contributed by atoms with Crippen molar-refractivity contribution >= 4 is 5.78 Å². The number of carbonyl (C=O) groups excluding carboxylic acids is 1. The molecular weight excluding hydrogens is 436 g/mol. The van der Waals surface area contributed by atoms with E-state index in [2.05, 4.69) is 49.3 Å². The average Bonchev–Trinajstić information content (AvgIpc) is 2.78. The number of aromatic nitrogens is 2. The number of nitrogens with one attached hydrogen (secondary N) is 1. The number of hydrogen-bond acceptors (Lipinski definition) is 6. The van der Waals surface area contributed by atoms with Gasteiger partial charge in [-0.3, -0.25) is 4.79 Å². The Kier molecular flexibility index (Phi) is 6.73. The van der Waals surface area contributed by atoms with Gasteiger partial charge in [-0.2, -0.15) is 15.5 Å². The van der Waals surface area contributed by atoms with Gasteiger partial charge in [-0.1, -0.05) is 12.1 Å². The van der Waals surface area contributed by atoms with Gasteiger partial charge in [0.15, 0.2) is 5.78 Å². The number of hydrogen-bond donors (Lipinski definition) is 1. The molecule has 0 radical (unpaired) electrons. The zero-order valence-corrected chi connectivity index (χ0v) is 21.1. The molecule has 1 aromatic heterocycles. The Morgan fingerprint density at radius 1 is 1.09 bits per heavy atom. The van der Waals surface area contributed by atoms with Crippen LogP contribution in [0.1, 0.15) is 68.4 Å². The van der Waals surface area contributed by atoms with Crippen LogP contribution in [0.25, 0.3) is 11.1 Å². The second-order valence-corrected chi connectivity index (χ2v) is 10.8. The second kappa shape index (κ2) is 9.59. The molecule has 0 aliphatic carbocycles. The zero-order chi connectivity index (χ0) is 25.2. The minimum absolute atomic E-state index is 0.0135. The summed E-state index contributed by atoms with van der Waals surface area (Å²) in [6.07, 6.45) is 5.70. The van der Waals surface area contributed by atoms with Gasteiger partial charge >= 0.3 is 0 Å². The maximum absolute atomic E-state index is 13.1. The number of ketones is 1. The van der Waals surface area contributed by atoms with Crippen molar-refractivity contribution in [2.24, 2.45) is 5.92 Å². The Balaban J connectivity index is 1.53. The summed E-state index contributed by atoms with van der Waals surface area (Å²) in [6.45, 7) is 10.7. The van der Waals surface area contributed by atoms with Gasteiger partial charge in [0.05, 0.1) is 12.4 Å². The van der Waals surface area contributed by atoms with Crippen molar-refractivity contribution in [1.29, 1.82) is 5.26 Å². The van der Waals surface area contributed by atoms with Gasteiger partial charge in [-0.05, 0) is 89.3 Å². The van der Waals surface area contributed by atoms with E-state index in [4.69, 9.17) is 4.74 Å². The van der Waals surface area contributed by atoms with Crippen molar-refractivity contribution in [1.82, 2.24) is 15.5 Å². The second-order valence-electron chi connectivity index (χ2n) is 10.8. The number of ether oxygens (including phenoxy) is 1. The fraction of sp³-hybridized carbons (Fsp3) is 0.379. The van der Waals surface area contributed by atoms with Crippen LogP contribution in [0.15, 0.2) is 54.9 Å². The predicted octanol–water partition coefficient (Wildman–Crippen LogP) is 6.25. The Bertz CT molecular complexity index is 1260. The van der Waals surface area contributed by atoms with Crippen molar-refractivity contribution in [3.8, 4) is 28.7 Å². The highest BCUT2D eigenvalue weighted by molar-refractivity contribution is 5.96. The van der Waals surface area contributed by atoms with Crippen LogP contribution in [0.5, 0.6) is 11.5 Å². The molecule has 4 rings (SSSR count). The Hall–Kier alpha value is -3.56. The molecule has 0 atom stereocenters. The average molecular weight is 469 g/mol. The van der Waals surface area contributed by atoms with Crippen LogP contribution in [0.4, 0.5) is 0 Å². The first-order valence-corrected chi connectivity index (χ1v) is 12.0. The van der Waals surface area contributed by atoms with Gasteiger partial charge < -0.3 is 10.1 Å². The first-order valence-electron chi connectivity index (χ1n) is 12.0. The molecule has 1 aliphatic heterocycles. The molecule has 35 heavy (non-hydrogen) atoms. The van der Waals surface area contributed by atoms with E-state index in [1.165, 1.54) is 0 Å². The number of nitriles is 1. The monoisotopic (exact) mass is 468 g/mol. The van der Waals surface area contributed by atoms with E-state index < -0.39 is 0 Å². The molecule has 1 fully saturated rings. The number of piperidine rings is 1. The first-order chi connectivity index (χ1) is 16.6. The molecule has 2 heterocycles. The molecule has 6 heteroatoms. The van der Waals surface area contributed by atoms with Crippen LogP contribution in [0.2, 0.25) is 0 Å². The van der Waals surface area contributed by atoms with Crippen LogP contribution in [-0.2, 0) is 0 Å². The summed E-state index contributed by atoms with van der Waals surface area (Å²) in [5.41, 5.74) is 3.53. The highest BCUT2D eigenvalue weighted by atomic mass is 16.5. The van der Waals surface area contributed by atoms with E-state index in [1.54, 1.807) is 18.5 Å². The highest BCUT2D eigenvalue weighted by Gasteiger charge is 2.38. The maximum atomic E-state index is 13.1. The number of benzene rings is 2. The van der Waals surface area contributed by atoms with Crippen LogP contribution < -0.4 is 10.1 Å². The molecule has 0 amide bonds. The molecule has 6 nitrogen and oxygen atoms in total. The van der Waals surface area contributed by atoms with Gasteiger partial charge in [-0.15, -0.1) is 0 Å². The van der Waals surface area contributed by atoms with E-state index in [0.717, 1.165) is 29.5 Å². The number of carbonyl (C=O) groups is 1. The lowest BCUT2D eigenvalue weighted by atomic mass is 9.74. The van der Waals surface area contributed by atoms with Crippen LogP contribution in [0.3, 0.4) is 0 Å². The third-order valence-electron chi connectivity index (χ3n) is 6.50. The quantitative estimate of drug-likeness (QED) is 0.431. The Labute approximate surface area is 207 Å². The van der Waals surface area contributed by atoms with Crippen molar-refractivity contribution in [3.05, 3.63) is 71.5 Å². The van der Waals surface area contributed by atoms with Crippen LogP contribution >= 0.6 is 0 Å². The summed E-state index contributed by atoms with van der Waals surface area (Å²) < 4.78 is 6.15. The molecule has 0 spiro atoms. The molecule has 0 bridgehead atoms. The van der Waals surface area contributed by atoms with E-state index in [-0.39, 0.29) is 16.9 Å². The molecule has 180 valence electrons. The summed E-state index contributed by atoms with van der Waals surface area (Å²) in [4.78, 5) is 13.1.